The molecule has 0 unspecified atom stereocenters. The molecule has 2 aliphatic rings. The van der Waals surface area contributed by atoms with Crippen molar-refractivity contribution in [2.45, 2.75) is 27.6 Å². The van der Waals surface area contributed by atoms with Gasteiger partial charge in [0.2, 0.25) is 0 Å². The van der Waals surface area contributed by atoms with E-state index in [1.807, 2.05) is 11.8 Å². The van der Waals surface area contributed by atoms with Crippen LogP contribution in [-0.2, 0) is 0 Å². The fraction of sp³-hybridized carbons (Fsp3) is 1.00. The minimum atomic E-state index is 0.582. The molecule has 0 N–H and O–H groups in total. The van der Waals surface area contributed by atoms with Crippen LogP contribution in [0.4, 0.5) is 0 Å². The van der Waals surface area contributed by atoms with Crippen molar-refractivity contribution >= 4 is 70.6 Å². The van der Waals surface area contributed by atoms with Crippen molar-refractivity contribution in [3.05, 3.63) is 0 Å². The van der Waals surface area contributed by atoms with Gasteiger partial charge in [-0.25, -0.2) is 0 Å². The van der Waals surface area contributed by atoms with Crippen LogP contribution >= 0.6 is 70.6 Å². The third-order valence-corrected chi connectivity index (χ3v) is 13.3. The lowest BCUT2D eigenvalue weighted by atomic mass is 9.93. The lowest BCUT2D eigenvalue weighted by Gasteiger charge is -2.36. The van der Waals surface area contributed by atoms with Gasteiger partial charge in [-0.15, -0.1) is 70.6 Å². The predicted octanol–water partition coefficient (Wildman–Crippen LogP) is 5.40. The van der Waals surface area contributed by atoms with Crippen molar-refractivity contribution in [3.8, 4) is 0 Å². The van der Waals surface area contributed by atoms with Gasteiger partial charge in [-0.1, -0.05) is 6.92 Å². The van der Waals surface area contributed by atoms with Gasteiger partial charge in [0.15, 0.2) is 0 Å². The van der Waals surface area contributed by atoms with Crippen LogP contribution < -0.4 is 0 Å². The highest BCUT2D eigenvalue weighted by molar-refractivity contribution is 8.33. The first-order valence-electron chi connectivity index (χ1n) is 6.33. The molecule has 0 atom stereocenters. The van der Waals surface area contributed by atoms with Gasteiger partial charge in [-0.05, 0) is 41.8 Å². The second-order valence-electron chi connectivity index (χ2n) is 4.96. The molecular weight excluding hydrogens is 337 g/mol. The van der Waals surface area contributed by atoms with E-state index in [1.165, 1.54) is 41.6 Å². The third kappa shape index (κ3) is 5.47. The van der Waals surface area contributed by atoms with E-state index < -0.39 is 0 Å². The van der Waals surface area contributed by atoms with Crippen LogP contribution in [0.15, 0.2) is 0 Å². The second kappa shape index (κ2) is 8.52. The van der Waals surface area contributed by atoms with Crippen molar-refractivity contribution in [1.82, 2.24) is 0 Å². The molecule has 2 rings (SSSR count). The van der Waals surface area contributed by atoms with E-state index in [4.69, 9.17) is 0 Å². The van der Waals surface area contributed by atoms with Gasteiger partial charge in [-0.2, -0.15) is 0 Å². The van der Waals surface area contributed by atoms with Gasteiger partial charge in [0.25, 0.3) is 0 Å². The van der Waals surface area contributed by atoms with Gasteiger partial charge in [-0.3, -0.25) is 0 Å². The molecule has 0 aromatic heterocycles. The van der Waals surface area contributed by atoms with Crippen LogP contribution in [-0.4, -0.2) is 42.8 Å². The Morgan fingerprint density at radius 2 is 1.72 bits per heavy atom. The molecule has 0 aliphatic carbocycles. The van der Waals surface area contributed by atoms with E-state index in [9.17, 15) is 0 Å². The molecule has 0 radical (unpaired) electrons. The summed E-state index contributed by atoms with van der Waals surface area (Å²) in [5.41, 5.74) is 0.582. The van der Waals surface area contributed by atoms with E-state index in [-0.39, 0.29) is 0 Å². The zero-order valence-electron chi connectivity index (χ0n) is 11.1. The van der Waals surface area contributed by atoms with E-state index in [1.54, 1.807) is 0 Å². The van der Waals surface area contributed by atoms with Crippen molar-refractivity contribution in [1.29, 1.82) is 0 Å². The summed E-state index contributed by atoms with van der Waals surface area (Å²) in [5, 5.41) is 0. The predicted molar refractivity (Wildman–Crippen MR) is 101 cm³/mol. The normalized spacial score (nSPS) is 34.7. The maximum atomic E-state index is 2.49. The maximum Gasteiger partial charge on any atom is 0.0955 e. The van der Waals surface area contributed by atoms with Gasteiger partial charge < -0.3 is 0 Å². The van der Waals surface area contributed by atoms with E-state index >= 15 is 0 Å². The zero-order valence-corrected chi connectivity index (χ0v) is 16.0. The summed E-state index contributed by atoms with van der Waals surface area (Å²) in [6.07, 6.45) is 5.05. The molecule has 2 aliphatic heterocycles. The molecule has 0 bridgehead atoms. The van der Waals surface area contributed by atoms with E-state index in [2.05, 4.69) is 72.0 Å². The fourth-order valence-corrected chi connectivity index (χ4v) is 10.7. The number of hydrogen-bond donors (Lipinski definition) is 0. The Bertz CT molecular complexity index is 233. The number of hydrogen-bond acceptors (Lipinski definition) is 6. The molecule has 18 heavy (non-hydrogen) atoms. The smallest absolute Gasteiger partial charge is 0.0955 e. The number of thioether (sulfide) groups is 6. The quantitative estimate of drug-likeness (QED) is 0.641. The Hall–Kier alpha value is 2.10. The summed E-state index contributed by atoms with van der Waals surface area (Å²) in [6.45, 7) is 2.49. The lowest BCUT2D eigenvalue weighted by Crippen LogP contribution is -2.29. The Morgan fingerprint density at radius 3 is 2.33 bits per heavy atom. The molecule has 106 valence electrons. The summed E-state index contributed by atoms with van der Waals surface area (Å²) in [6, 6.07) is 0. The minimum Gasteiger partial charge on any atom is -0.140 e. The molecule has 0 saturated carbocycles. The Kier molecular flexibility index (Phi) is 7.80. The highest BCUT2D eigenvalue weighted by Gasteiger charge is 2.31. The third-order valence-electron chi connectivity index (χ3n) is 3.08. The topological polar surface area (TPSA) is 0 Å². The average molecular weight is 359 g/mol. The van der Waals surface area contributed by atoms with Crippen LogP contribution in [0.3, 0.4) is 0 Å². The van der Waals surface area contributed by atoms with Gasteiger partial charge >= 0.3 is 0 Å². The molecule has 2 fully saturated rings. The van der Waals surface area contributed by atoms with Crippen molar-refractivity contribution < 1.29 is 0 Å². The van der Waals surface area contributed by atoms with Crippen LogP contribution in [0.5, 0.6) is 0 Å². The second-order valence-corrected chi connectivity index (χ2v) is 13.5. The van der Waals surface area contributed by atoms with Crippen molar-refractivity contribution in [3.63, 3.8) is 0 Å². The first-order chi connectivity index (χ1) is 8.72. The summed E-state index contributed by atoms with van der Waals surface area (Å²) in [5.74, 6) is 6.83. The monoisotopic (exact) mass is 358 g/mol. The largest absolute Gasteiger partial charge is 0.140 e. The lowest BCUT2D eigenvalue weighted by molar-refractivity contribution is 0.420. The average Bonchev–Trinajstić information content (AvgIpc) is 2.41. The molecule has 0 nitrogen and oxygen atoms in total. The Labute approximate surface area is 137 Å². The SMILES string of the molecule is CSC1SCC(C)(CCSC2SCCCS2)CS1. The van der Waals surface area contributed by atoms with Crippen LogP contribution in [0.25, 0.3) is 0 Å². The van der Waals surface area contributed by atoms with Crippen LogP contribution in [0.1, 0.15) is 19.8 Å². The van der Waals surface area contributed by atoms with Gasteiger partial charge in [0, 0.05) is 11.5 Å². The summed E-state index contributed by atoms with van der Waals surface area (Å²) < 4.78 is 1.61. The molecule has 0 amide bonds. The fourth-order valence-electron chi connectivity index (χ4n) is 1.87. The minimum absolute atomic E-state index is 0.582. The highest BCUT2D eigenvalue weighted by Crippen LogP contribution is 2.47. The summed E-state index contributed by atoms with van der Waals surface area (Å²) in [7, 11) is 0. The first-order valence-corrected chi connectivity index (χ1v) is 12.9. The molecule has 0 aromatic rings. The van der Waals surface area contributed by atoms with Gasteiger partial charge in [0.05, 0.1) is 7.83 Å². The molecule has 6 heteroatoms. The van der Waals surface area contributed by atoms with Crippen molar-refractivity contribution in [2.24, 2.45) is 5.41 Å². The zero-order chi connectivity index (χ0) is 12.8. The Morgan fingerprint density at radius 1 is 1.06 bits per heavy atom. The van der Waals surface area contributed by atoms with Gasteiger partial charge in [0.1, 0.15) is 0 Å². The summed E-state index contributed by atoms with van der Waals surface area (Å²) in [4.78, 5) is 0. The molecule has 0 spiro atoms. The maximum absolute atomic E-state index is 2.49. The molecule has 0 aromatic carbocycles. The van der Waals surface area contributed by atoms with Crippen LogP contribution in [0, 0.1) is 5.41 Å². The van der Waals surface area contributed by atoms with E-state index in [0.29, 0.717) is 5.41 Å². The molecular formula is C12H22S6. The Balaban J connectivity index is 1.63. The molecule has 2 heterocycles. The summed E-state index contributed by atoms with van der Waals surface area (Å²) >= 11 is 12.9. The standard InChI is InChI=1S/C12H22S6/c1-12(8-17-10(13-2)18-9-12)4-7-16-11-14-5-3-6-15-11/h10-11H,3-9H2,1-2H3. The van der Waals surface area contributed by atoms with Crippen LogP contribution in [0.2, 0.25) is 0 Å². The van der Waals surface area contributed by atoms with Crippen molar-refractivity contribution in [2.75, 3.05) is 35.0 Å². The van der Waals surface area contributed by atoms with E-state index in [0.717, 1.165) is 7.83 Å². The highest BCUT2D eigenvalue weighted by atomic mass is 32.3. The number of rotatable bonds is 5. The first kappa shape index (κ1) is 16.5. The molecule has 2 saturated heterocycles.